The number of carbonyl (C=O) groups is 2. The van der Waals surface area contributed by atoms with Gasteiger partial charge in [-0.2, -0.15) is 0 Å². The number of piperazine rings is 1. The van der Waals surface area contributed by atoms with E-state index in [-0.39, 0.29) is 18.2 Å². The van der Waals surface area contributed by atoms with Crippen LogP contribution in [0.1, 0.15) is 17.7 Å². The van der Waals surface area contributed by atoms with Crippen LogP contribution in [0.4, 0.5) is 0 Å². The summed E-state index contributed by atoms with van der Waals surface area (Å²) in [5, 5.41) is 2.90. The number of amides is 2. The molecule has 2 heterocycles. The summed E-state index contributed by atoms with van der Waals surface area (Å²) < 4.78 is 5.94. The molecule has 1 aliphatic rings. The third-order valence-corrected chi connectivity index (χ3v) is 5.62. The van der Waals surface area contributed by atoms with Crippen LogP contribution in [0.15, 0.2) is 79.0 Å². The Labute approximate surface area is 194 Å². The number of benzene rings is 2. The van der Waals surface area contributed by atoms with Gasteiger partial charge in [0.25, 0.3) is 0 Å². The van der Waals surface area contributed by atoms with Gasteiger partial charge in [-0.15, -0.1) is 0 Å². The summed E-state index contributed by atoms with van der Waals surface area (Å²) in [5.74, 6) is 1.31. The van der Waals surface area contributed by atoms with Gasteiger partial charge in [0.05, 0.1) is 24.7 Å². The number of nitrogens with one attached hydrogen (secondary N) is 1. The molecule has 0 saturated carbocycles. The van der Waals surface area contributed by atoms with Crippen LogP contribution < -0.4 is 10.1 Å². The van der Waals surface area contributed by atoms with Gasteiger partial charge in [-0.25, -0.2) is 0 Å². The van der Waals surface area contributed by atoms with Crippen molar-refractivity contribution < 1.29 is 14.3 Å². The van der Waals surface area contributed by atoms with Gasteiger partial charge in [-0.05, 0) is 42.0 Å². The Kier molecular flexibility index (Phi) is 7.32. The molecule has 1 aliphatic heterocycles. The van der Waals surface area contributed by atoms with Gasteiger partial charge < -0.3 is 15.0 Å². The molecule has 1 aromatic heterocycles. The van der Waals surface area contributed by atoms with Gasteiger partial charge >= 0.3 is 0 Å². The van der Waals surface area contributed by atoms with Gasteiger partial charge in [0, 0.05) is 32.9 Å². The van der Waals surface area contributed by atoms with Crippen LogP contribution in [-0.2, 0) is 22.7 Å². The van der Waals surface area contributed by atoms with Crippen molar-refractivity contribution in [3.63, 3.8) is 0 Å². The van der Waals surface area contributed by atoms with E-state index in [2.05, 4.69) is 15.2 Å². The maximum absolute atomic E-state index is 12.9. The summed E-state index contributed by atoms with van der Waals surface area (Å²) in [6.07, 6.45) is 1.83. The molecule has 1 atom stereocenters. The molecule has 170 valence electrons. The lowest BCUT2D eigenvalue weighted by atomic mass is 10.1. The van der Waals surface area contributed by atoms with Crippen LogP contribution >= 0.6 is 0 Å². The topological polar surface area (TPSA) is 74.8 Å². The number of hydrogen-bond donors (Lipinski definition) is 1. The quantitative estimate of drug-likeness (QED) is 0.578. The molecule has 33 heavy (non-hydrogen) atoms. The highest BCUT2D eigenvalue weighted by molar-refractivity contribution is 5.88. The zero-order valence-electron chi connectivity index (χ0n) is 18.7. The van der Waals surface area contributed by atoms with Gasteiger partial charge in [0.15, 0.2) is 0 Å². The fourth-order valence-corrected chi connectivity index (χ4v) is 3.88. The number of nitrogens with zero attached hydrogens (tertiary/aromatic N) is 3. The lowest BCUT2D eigenvalue weighted by Crippen LogP contribution is -2.56. The van der Waals surface area contributed by atoms with Crippen molar-refractivity contribution in [2.24, 2.45) is 0 Å². The van der Waals surface area contributed by atoms with E-state index in [0.717, 1.165) is 22.8 Å². The van der Waals surface area contributed by atoms with Crippen LogP contribution in [0.2, 0.25) is 0 Å². The SMILES string of the molecule is CN(Cc1ccccn1)C(=O)C[C@@H]1C(=O)NCCN1Cc1cccc(Oc2ccccc2)c1. The fourth-order valence-electron chi connectivity index (χ4n) is 3.88. The maximum Gasteiger partial charge on any atom is 0.237 e. The molecule has 0 unspecified atom stereocenters. The molecule has 0 bridgehead atoms. The molecule has 0 spiro atoms. The molecule has 7 nitrogen and oxygen atoms in total. The second kappa shape index (κ2) is 10.7. The van der Waals surface area contributed by atoms with E-state index in [4.69, 9.17) is 4.74 Å². The first kappa shape index (κ1) is 22.5. The van der Waals surface area contributed by atoms with E-state index in [0.29, 0.717) is 26.2 Å². The summed E-state index contributed by atoms with van der Waals surface area (Å²) in [7, 11) is 1.74. The smallest absolute Gasteiger partial charge is 0.237 e. The van der Waals surface area contributed by atoms with Crippen molar-refractivity contribution in [3.05, 3.63) is 90.3 Å². The van der Waals surface area contributed by atoms with Crippen molar-refractivity contribution in [3.8, 4) is 11.5 Å². The van der Waals surface area contributed by atoms with Gasteiger partial charge in [-0.3, -0.25) is 19.5 Å². The number of ether oxygens (including phenoxy) is 1. The average Bonchev–Trinajstić information content (AvgIpc) is 2.83. The predicted molar refractivity (Wildman–Crippen MR) is 125 cm³/mol. The van der Waals surface area contributed by atoms with Crippen LogP contribution in [-0.4, -0.2) is 52.8 Å². The van der Waals surface area contributed by atoms with Crippen LogP contribution in [0.5, 0.6) is 11.5 Å². The molecule has 0 aliphatic carbocycles. The Bertz CT molecular complexity index is 1080. The molecular formula is C26H28N4O3. The maximum atomic E-state index is 12.9. The summed E-state index contributed by atoms with van der Waals surface area (Å²) in [4.78, 5) is 33.5. The summed E-state index contributed by atoms with van der Waals surface area (Å²) in [5.41, 5.74) is 1.84. The van der Waals surface area contributed by atoms with Crippen LogP contribution in [0.25, 0.3) is 0 Å². The van der Waals surface area contributed by atoms with Crippen LogP contribution in [0, 0.1) is 0 Å². The number of hydrogen-bond acceptors (Lipinski definition) is 5. The molecule has 3 aromatic rings. The molecule has 2 amide bonds. The standard InChI is InChI=1S/C26H28N4O3/c1-29(19-21-9-5-6-13-27-21)25(31)17-24-26(32)28-14-15-30(24)18-20-8-7-12-23(16-20)33-22-10-3-2-4-11-22/h2-13,16,24H,14-15,17-19H2,1H3,(H,28,32)/t24-/m1/s1. The third kappa shape index (κ3) is 6.17. The third-order valence-electron chi connectivity index (χ3n) is 5.62. The molecule has 1 N–H and O–H groups in total. The van der Waals surface area contributed by atoms with Crippen molar-refractivity contribution >= 4 is 11.8 Å². The lowest BCUT2D eigenvalue weighted by molar-refractivity contribution is -0.138. The van der Waals surface area contributed by atoms with E-state index in [9.17, 15) is 9.59 Å². The highest BCUT2D eigenvalue weighted by Crippen LogP contribution is 2.23. The minimum atomic E-state index is -0.517. The molecule has 7 heteroatoms. The van der Waals surface area contributed by atoms with Crippen molar-refractivity contribution in [2.45, 2.75) is 25.6 Å². The first-order chi connectivity index (χ1) is 16.1. The number of pyridine rings is 1. The lowest BCUT2D eigenvalue weighted by Gasteiger charge is -2.35. The normalized spacial score (nSPS) is 16.2. The zero-order valence-corrected chi connectivity index (χ0v) is 18.7. The number of carbonyl (C=O) groups excluding carboxylic acids is 2. The Balaban J connectivity index is 1.41. The molecule has 1 fully saturated rings. The molecule has 2 aromatic carbocycles. The largest absolute Gasteiger partial charge is 0.457 e. The monoisotopic (exact) mass is 444 g/mol. The van der Waals surface area contributed by atoms with Gasteiger partial charge in [0.2, 0.25) is 11.8 Å². The van der Waals surface area contributed by atoms with E-state index in [1.165, 1.54) is 0 Å². The number of aromatic nitrogens is 1. The first-order valence-electron chi connectivity index (χ1n) is 11.1. The van der Waals surface area contributed by atoms with Crippen molar-refractivity contribution in [1.82, 2.24) is 20.1 Å². The van der Waals surface area contributed by atoms with E-state index in [1.807, 2.05) is 72.8 Å². The second-order valence-corrected chi connectivity index (χ2v) is 8.11. The van der Waals surface area contributed by atoms with Crippen molar-refractivity contribution in [2.75, 3.05) is 20.1 Å². The molecule has 4 rings (SSSR count). The Hall–Kier alpha value is -3.71. The molecular weight excluding hydrogens is 416 g/mol. The Morgan fingerprint density at radius 2 is 1.88 bits per heavy atom. The minimum Gasteiger partial charge on any atom is -0.457 e. The van der Waals surface area contributed by atoms with Crippen molar-refractivity contribution in [1.29, 1.82) is 0 Å². The average molecular weight is 445 g/mol. The first-order valence-corrected chi connectivity index (χ1v) is 11.1. The molecule has 1 saturated heterocycles. The van der Waals surface area contributed by atoms with Gasteiger partial charge in [0.1, 0.15) is 11.5 Å². The fraction of sp³-hybridized carbons (Fsp3) is 0.269. The number of para-hydroxylation sites is 1. The highest BCUT2D eigenvalue weighted by atomic mass is 16.5. The van der Waals surface area contributed by atoms with Gasteiger partial charge in [-0.1, -0.05) is 36.4 Å². The van der Waals surface area contributed by atoms with E-state index >= 15 is 0 Å². The number of rotatable bonds is 8. The van der Waals surface area contributed by atoms with E-state index in [1.54, 1.807) is 18.1 Å². The highest BCUT2D eigenvalue weighted by Gasteiger charge is 2.32. The zero-order chi connectivity index (χ0) is 23.0. The second-order valence-electron chi connectivity index (χ2n) is 8.11. The predicted octanol–water partition coefficient (Wildman–Crippen LogP) is 3.22. The summed E-state index contributed by atoms with van der Waals surface area (Å²) in [6, 6.07) is 22.6. The minimum absolute atomic E-state index is 0.0890. The van der Waals surface area contributed by atoms with Crippen LogP contribution in [0.3, 0.4) is 0 Å². The summed E-state index contributed by atoms with van der Waals surface area (Å²) >= 11 is 0. The summed E-state index contributed by atoms with van der Waals surface area (Å²) in [6.45, 7) is 2.21. The van der Waals surface area contributed by atoms with E-state index < -0.39 is 6.04 Å². The molecule has 0 radical (unpaired) electrons. The Morgan fingerprint density at radius 3 is 2.67 bits per heavy atom. The Morgan fingerprint density at radius 1 is 1.09 bits per heavy atom.